The van der Waals surface area contributed by atoms with Gasteiger partial charge in [-0.3, -0.25) is 14.9 Å². The zero-order valence-electron chi connectivity index (χ0n) is 10.6. The summed E-state index contributed by atoms with van der Waals surface area (Å²) in [5, 5.41) is 10.5. The van der Waals surface area contributed by atoms with Gasteiger partial charge in [0.2, 0.25) is 0 Å². The Morgan fingerprint density at radius 2 is 1.95 bits per heavy atom. The van der Waals surface area contributed by atoms with E-state index in [0.29, 0.717) is 0 Å². The highest BCUT2D eigenvalue weighted by atomic mass is 19.1. The molecule has 20 heavy (non-hydrogen) atoms. The van der Waals surface area contributed by atoms with Crippen LogP contribution >= 0.6 is 0 Å². The predicted octanol–water partition coefficient (Wildman–Crippen LogP) is 2.60. The van der Waals surface area contributed by atoms with Gasteiger partial charge in [0.25, 0.3) is 5.91 Å². The molecule has 104 valence electrons. The van der Waals surface area contributed by atoms with Gasteiger partial charge in [-0.05, 0) is 23.8 Å². The average molecular weight is 278 g/mol. The van der Waals surface area contributed by atoms with E-state index in [0.717, 1.165) is 11.6 Å². The smallest absolute Gasteiger partial charge is 0.395 e. The van der Waals surface area contributed by atoms with E-state index in [4.69, 9.17) is 4.42 Å². The zero-order chi connectivity index (χ0) is 14.7. The van der Waals surface area contributed by atoms with Crippen molar-refractivity contribution in [1.29, 1.82) is 0 Å². The molecule has 1 amide bonds. The average Bonchev–Trinajstić information content (AvgIpc) is 2.90. The number of amides is 1. The number of carbonyl (C=O) groups is 1. The number of hydrogen-bond acceptors (Lipinski definition) is 4. The minimum Gasteiger partial charge on any atom is -0.395 e. The van der Waals surface area contributed by atoms with Gasteiger partial charge in [-0.1, -0.05) is 12.1 Å². The van der Waals surface area contributed by atoms with Crippen LogP contribution in [0.1, 0.15) is 16.1 Å². The Balaban J connectivity index is 2.07. The Hall–Kier alpha value is -2.70. The van der Waals surface area contributed by atoms with Gasteiger partial charge in [0.05, 0.1) is 6.07 Å². The first-order chi connectivity index (χ1) is 9.47. The van der Waals surface area contributed by atoms with Gasteiger partial charge in [0.1, 0.15) is 10.7 Å². The Morgan fingerprint density at radius 3 is 2.50 bits per heavy atom. The number of rotatable bonds is 4. The summed E-state index contributed by atoms with van der Waals surface area (Å²) in [4.78, 5) is 23.1. The molecule has 1 heterocycles. The fraction of sp³-hybridized carbons (Fsp3) is 0.154. The summed E-state index contributed by atoms with van der Waals surface area (Å²) < 4.78 is 17.6. The van der Waals surface area contributed by atoms with Crippen LogP contribution in [0.4, 0.5) is 10.3 Å². The summed E-state index contributed by atoms with van der Waals surface area (Å²) in [6.07, 6.45) is 0. The van der Waals surface area contributed by atoms with Crippen LogP contribution in [-0.4, -0.2) is 22.8 Å². The fourth-order valence-corrected chi connectivity index (χ4v) is 1.66. The van der Waals surface area contributed by atoms with Crippen molar-refractivity contribution in [2.24, 2.45) is 0 Å². The number of nitrogens with zero attached hydrogens (tertiary/aromatic N) is 2. The fourth-order valence-electron chi connectivity index (χ4n) is 1.66. The zero-order valence-corrected chi connectivity index (χ0v) is 10.6. The van der Waals surface area contributed by atoms with Crippen molar-refractivity contribution in [1.82, 2.24) is 4.90 Å². The summed E-state index contributed by atoms with van der Waals surface area (Å²) in [5.74, 6) is -1.43. The molecule has 2 aromatic rings. The van der Waals surface area contributed by atoms with E-state index in [1.54, 1.807) is 12.1 Å². The molecule has 0 bridgehead atoms. The van der Waals surface area contributed by atoms with Crippen LogP contribution in [-0.2, 0) is 6.54 Å². The number of furan rings is 1. The van der Waals surface area contributed by atoms with E-state index < -0.39 is 16.7 Å². The van der Waals surface area contributed by atoms with Crippen molar-refractivity contribution in [3.05, 3.63) is 63.7 Å². The number of halogens is 1. The second kappa shape index (κ2) is 5.52. The van der Waals surface area contributed by atoms with Gasteiger partial charge >= 0.3 is 5.88 Å². The van der Waals surface area contributed by atoms with Crippen LogP contribution in [0.15, 0.2) is 40.8 Å². The minimum atomic E-state index is -0.712. The maximum Gasteiger partial charge on any atom is 0.433 e. The molecule has 6 nitrogen and oxygen atoms in total. The Morgan fingerprint density at radius 1 is 1.30 bits per heavy atom. The molecule has 0 saturated carbocycles. The third-order valence-corrected chi connectivity index (χ3v) is 2.66. The van der Waals surface area contributed by atoms with Gasteiger partial charge in [0.15, 0.2) is 5.76 Å². The molecule has 0 unspecified atom stereocenters. The summed E-state index contributed by atoms with van der Waals surface area (Å²) in [6.45, 7) is 0.244. The van der Waals surface area contributed by atoms with Crippen molar-refractivity contribution < 1.29 is 18.5 Å². The molecule has 1 aromatic heterocycles. The van der Waals surface area contributed by atoms with Crippen molar-refractivity contribution in [2.45, 2.75) is 6.54 Å². The standard InChI is InChI=1S/C13H11FN2O4/c1-15(8-9-2-4-10(14)5-3-9)13(17)11-6-7-12(20-11)16(18)19/h2-7H,8H2,1H3. The number of hydrogen-bond donors (Lipinski definition) is 0. The predicted molar refractivity (Wildman–Crippen MR) is 67.6 cm³/mol. The van der Waals surface area contributed by atoms with Crippen LogP contribution in [0.5, 0.6) is 0 Å². The maximum absolute atomic E-state index is 12.8. The first kappa shape index (κ1) is 13.7. The molecule has 0 radical (unpaired) electrons. The summed E-state index contributed by atoms with van der Waals surface area (Å²) in [6, 6.07) is 8.09. The Bertz CT molecular complexity index is 636. The quantitative estimate of drug-likeness (QED) is 0.636. The van der Waals surface area contributed by atoms with Gasteiger partial charge in [-0.25, -0.2) is 4.39 Å². The monoisotopic (exact) mass is 278 g/mol. The normalized spacial score (nSPS) is 10.3. The molecule has 0 atom stereocenters. The lowest BCUT2D eigenvalue weighted by Crippen LogP contribution is -2.25. The number of carbonyl (C=O) groups excluding carboxylic acids is 1. The topological polar surface area (TPSA) is 76.6 Å². The molecule has 7 heteroatoms. The number of benzene rings is 1. The van der Waals surface area contributed by atoms with E-state index in [9.17, 15) is 19.3 Å². The van der Waals surface area contributed by atoms with Gasteiger partial charge in [-0.2, -0.15) is 0 Å². The van der Waals surface area contributed by atoms with E-state index in [1.165, 1.54) is 30.1 Å². The summed E-state index contributed by atoms with van der Waals surface area (Å²) in [5.41, 5.74) is 0.739. The lowest BCUT2D eigenvalue weighted by atomic mass is 10.2. The highest BCUT2D eigenvalue weighted by Gasteiger charge is 2.20. The van der Waals surface area contributed by atoms with E-state index in [1.807, 2.05) is 0 Å². The highest BCUT2D eigenvalue weighted by molar-refractivity contribution is 5.91. The molecule has 0 aliphatic heterocycles. The van der Waals surface area contributed by atoms with Gasteiger partial charge in [0, 0.05) is 13.6 Å². The molecule has 0 aliphatic rings. The summed E-state index contributed by atoms with van der Waals surface area (Å²) in [7, 11) is 1.53. The third kappa shape index (κ3) is 3.00. The first-order valence-electron chi connectivity index (χ1n) is 5.71. The molecular formula is C13H11FN2O4. The Labute approximate surface area is 113 Å². The third-order valence-electron chi connectivity index (χ3n) is 2.66. The van der Waals surface area contributed by atoms with E-state index in [-0.39, 0.29) is 18.1 Å². The number of nitro groups is 1. The second-order valence-electron chi connectivity index (χ2n) is 4.18. The molecule has 0 aliphatic carbocycles. The van der Waals surface area contributed by atoms with Gasteiger partial charge in [-0.15, -0.1) is 0 Å². The molecule has 0 fully saturated rings. The minimum absolute atomic E-state index is 0.110. The maximum atomic E-state index is 12.8. The molecule has 0 spiro atoms. The molecule has 0 saturated heterocycles. The van der Waals surface area contributed by atoms with Crippen LogP contribution in [0.2, 0.25) is 0 Å². The highest BCUT2D eigenvalue weighted by Crippen LogP contribution is 2.17. The molecule has 2 rings (SSSR count). The largest absolute Gasteiger partial charge is 0.433 e. The lowest BCUT2D eigenvalue weighted by molar-refractivity contribution is -0.402. The first-order valence-corrected chi connectivity index (χ1v) is 5.71. The van der Waals surface area contributed by atoms with Crippen molar-refractivity contribution in [3.63, 3.8) is 0 Å². The van der Waals surface area contributed by atoms with Crippen LogP contribution in [0.25, 0.3) is 0 Å². The summed E-state index contributed by atoms with van der Waals surface area (Å²) >= 11 is 0. The van der Waals surface area contributed by atoms with Crippen LogP contribution in [0.3, 0.4) is 0 Å². The van der Waals surface area contributed by atoms with Gasteiger partial charge < -0.3 is 9.32 Å². The molecule has 0 N–H and O–H groups in total. The van der Waals surface area contributed by atoms with Crippen molar-refractivity contribution >= 4 is 11.8 Å². The van der Waals surface area contributed by atoms with Crippen molar-refractivity contribution in [3.8, 4) is 0 Å². The van der Waals surface area contributed by atoms with E-state index >= 15 is 0 Å². The van der Waals surface area contributed by atoms with Crippen LogP contribution < -0.4 is 0 Å². The SMILES string of the molecule is CN(Cc1ccc(F)cc1)C(=O)c1ccc([N+](=O)[O-])o1. The Kier molecular flexibility index (Phi) is 3.79. The van der Waals surface area contributed by atoms with Crippen molar-refractivity contribution in [2.75, 3.05) is 7.05 Å². The molecule has 1 aromatic carbocycles. The van der Waals surface area contributed by atoms with E-state index in [2.05, 4.69) is 0 Å². The lowest BCUT2D eigenvalue weighted by Gasteiger charge is -2.15. The molecular weight excluding hydrogens is 267 g/mol. The second-order valence-corrected chi connectivity index (χ2v) is 4.18. The van der Waals surface area contributed by atoms with Crippen LogP contribution in [0, 0.1) is 15.9 Å².